The highest BCUT2D eigenvalue weighted by Crippen LogP contribution is 2.11. The minimum Gasteiger partial charge on any atom is -0.349 e. The molecule has 0 bridgehead atoms. The van der Waals surface area contributed by atoms with E-state index in [2.05, 4.69) is 17.2 Å². The van der Waals surface area contributed by atoms with Crippen LogP contribution in [0.4, 0.5) is 0 Å². The van der Waals surface area contributed by atoms with Gasteiger partial charge in [0.25, 0.3) is 0 Å². The van der Waals surface area contributed by atoms with Crippen LogP contribution in [0.5, 0.6) is 0 Å². The van der Waals surface area contributed by atoms with Crippen LogP contribution in [-0.4, -0.2) is 39.9 Å². The minimum absolute atomic E-state index is 0.0571. The number of carbonyl (C=O) groups is 1. The van der Waals surface area contributed by atoms with Crippen molar-refractivity contribution in [2.75, 3.05) is 14.1 Å². The minimum atomic E-state index is -0.0571. The normalized spacial score (nSPS) is 12.5. The lowest BCUT2D eigenvalue weighted by molar-refractivity contribution is -0.128. The molecule has 1 unspecified atom stereocenters. The third-order valence-electron chi connectivity index (χ3n) is 2.59. The molecule has 2 N–H and O–H groups in total. The summed E-state index contributed by atoms with van der Waals surface area (Å²) in [5.41, 5.74) is 6.73. The lowest BCUT2D eigenvalue weighted by Gasteiger charge is -2.09. The number of aryl methyl sites for hydroxylation is 1. The van der Waals surface area contributed by atoms with Gasteiger partial charge >= 0.3 is 0 Å². The van der Waals surface area contributed by atoms with Gasteiger partial charge in [-0.25, -0.2) is 0 Å². The Balaban J connectivity index is 2.48. The first kappa shape index (κ1) is 13.6. The summed E-state index contributed by atoms with van der Waals surface area (Å²) in [6.45, 7) is 2.63. The van der Waals surface area contributed by atoms with Gasteiger partial charge in [-0.3, -0.25) is 9.48 Å². The van der Waals surface area contributed by atoms with Gasteiger partial charge < -0.3 is 10.6 Å². The van der Waals surface area contributed by atoms with Crippen molar-refractivity contribution in [3.63, 3.8) is 0 Å². The van der Waals surface area contributed by atoms with Gasteiger partial charge in [-0.2, -0.15) is 0 Å². The van der Waals surface area contributed by atoms with Crippen molar-refractivity contribution in [1.82, 2.24) is 19.9 Å². The molecule has 0 aliphatic rings. The summed E-state index contributed by atoms with van der Waals surface area (Å²) in [6, 6.07) is -0.0571. The fourth-order valence-electron chi connectivity index (χ4n) is 1.49. The molecule has 0 fully saturated rings. The second kappa shape index (κ2) is 6.34. The first-order chi connectivity index (χ1) is 8.04. The zero-order chi connectivity index (χ0) is 12.8. The van der Waals surface area contributed by atoms with Crippen LogP contribution in [0.3, 0.4) is 0 Å². The largest absolute Gasteiger partial charge is 0.349 e. The van der Waals surface area contributed by atoms with Crippen LogP contribution in [0.1, 0.15) is 37.9 Å². The van der Waals surface area contributed by atoms with Gasteiger partial charge in [0.15, 0.2) is 0 Å². The van der Waals surface area contributed by atoms with Gasteiger partial charge in [-0.15, -0.1) is 5.10 Å². The molecular formula is C11H21N5O. The second-order valence-corrected chi connectivity index (χ2v) is 4.34. The topological polar surface area (TPSA) is 77.0 Å². The number of rotatable bonds is 6. The van der Waals surface area contributed by atoms with E-state index in [9.17, 15) is 4.79 Å². The van der Waals surface area contributed by atoms with E-state index in [1.165, 1.54) is 0 Å². The molecule has 0 saturated carbocycles. The Labute approximate surface area is 102 Å². The maximum atomic E-state index is 11.4. The Hall–Kier alpha value is -1.43. The van der Waals surface area contributed by atoms with Crippen molar-refractivity contribution in [3.05, 3.63) is 11.9 Å². The molecule has 1 rings (SSSR count). The number of hydrogen-bond donors (Lipinski definition) is 1. The number of aromatic nitrogens is 3. The Kier molecular flexibility index (Phi) is 5.09. The van der Waals surface area contributed by atoms with Gasteiger partial charge in [0.05, 0.1) is 24.5 Å². The van der Waals surface area contributed by atoms with Gasteiger partial charge in [-0.05, 0) is 6.42 Å². The van der Waals surface area contributed by atoms with Crippen LogP contribution < -0.4 is 5.73 Å². The molecule has 6 heteroatoms. The van der Waals surface area contributed by atoms with E-state index in [1.807, 2.05) is 6.20 Å². The van der Waals surface area contributed by atoms with E-state index >= 15 is 0 Å². The molecular weight excluding hydrogens is 218 g/mol. The van der Waals surface area contributed by atoms with E-state index in [0.717, 1.165) is 18.5 Å². The van der Waals surface area contributed by atoms with Crippen LogP contribution in [-0.2, 0) is 11.3 Å². The fraction of sp³-hybridized carbons (Fsp3) is 0.727. The van der Waals surface area contributed by atoms with Crippen LogP contribution in [0, 0.1) is 0 Å². The molecule has 1 aromatic heterocycles. The zero-order valence-electron chi connectivity index (χ0n) is 10.8. The lowest BCUT2D eigenvalue weighted by Crippen LogP contribution is -2.23. The molecule has 17 heavy (non-hydrogen) atoms. The number of nitrogens with two attached hydrogens (primary N) is 1. The standard InChI is InChI=1S/C11H21N5O/c1-4-5-9(12)10-8-16(14-13-10)7-6-11(17)15(2)3/h8-9H,4-7,12H2,1-3H3. The molecule has 0 aliphatic carbocycles. The lowest BCUT2D eigenvalue weighted by atomic mass is 10.1. The summed E-state index contributed by atoms with van der Waals surface area (Å²) in [6.07, 6.45) is 4.17. The summed E-state index contributed by atoms with van der Waals surface area (Å²) >= 11 is 0. The second-order valence-electron chi connectivity index (χ2n) is 4.34. The van der Waals surface area contributed by atoms with Gasteiger partial charge in [0.1, 0.15) is 0 Å². The van der Waals surface area contributed by atoms with Crippen molar-refractivity contribution in [2.24, 2.45) is 5.73 Å². The summed E-state index contributed by atoms with van der Waals surface area (Å²) in [5, 5.41) is 7.99. The average Bonchev–Trinajstić information content (AvgIpc) is 2.74. The van der Waals surface area contributed by atoms with Crippen molar-refractivity contribution in [2.45, 2.75) is 38.8 Å². The average molecular weight is 239 g/mol. The van der Waals surface area contributed by atoms with Gasteiger partial charge in [0.2, 0.25) is 5.91 Å². The van der Waals surface area contributed by atoms with Crippen LogP contribution in [0.15, 0.2) is 6.20 Å². The maximum Gasteiger partial charge on any atom is 0.223 e. The van der Waals surface area contributed by atoms with E-state index in [0.29, 0.717) is 13.0 Å². The summed E-state index contributed by atoms with van der Waals surface area (Å²) < 4.78 is 1.67. The molecule has 1 heterocycles. The summed E-state index contributed by atoms with van der Waals surface area (Å²) in [7, 11) is 3.48. The zero-order valence-corrected chi connectivity index (χ0v) is 10.8. The number of nitrogens with zero attached hydrogens (tertiary/aromatic N) is 4. The Morgan fingerprint density at radius 3 is 2.88 bits per heavy atom. The maximum absolute atomic E-state index is 11.4. The molecule has 96 valence electrons. The predicted octanol–water partition coefficient (Wildman–Crippen LogP) is 0.556. The van der Waals surface area contributed by atoms with Crippen molar-refractivity contribution >= 4 is 5.91 Å². The Morgan fingerprint density at radius 2 is 2.29 bits per heavy atom. The number of carbonyl (C=O) groups excluding carboxylic acids is 1. The van der Waals surface area contributed by atoms with E-state index in [-0.39, 0.29) is 11.9 Å². The van der Waals surface area contributed by atoms with Gasteiger partial charge in [0, 0.05) is 20.5 Å². The molecule has 0 spiro atoms. The number of amides is 1. The molecule has 0 aliphatic heterocycles. The summed E-state index contributed by atoms with van der Waals surface area (Å²) in [5.74, 6) is 0.0832. The molecule has 1 aromatic rings. The van der Waals surface area contributed by atoms with Crippen LogP contribution >= 0.6 is 0 Å². The highest BCUT2D eigenvalue weighted by atomic mass is 16.2. The van der Waals surface area contributed by atoms with E-state index < -0.39 is 0 Å². The van der Waals surface area contributed by atoms with Crippen LogP contribution in [0.25, 0.3) is 0 Å². The smallest absolute Gasteiger partial charge is 0.223 e. The highest BCUT2D eigenvalue weighted by molar-refractivity contribution is 5.75. The quantitative estimate of drug-likeness (QED) is 0.786. The SMILES string of the molecule is CCCC(N)c1cn(CCC(=O)N(C)C)nn1. The van der Waals surface area contributed by atoms with Crippen molar-refractivity contribution < 1.29 is 4.79 Å². The Morgan fingerprint density at radius 1 is 1.59 bits per heavy atom. The molecule has 0 radical (unpaired) electrons. The third-order valence-corrected chi connectivity index (χ3v) is 2.59. The first-order valence-corrected chi connectivity index (χ1v) is 5.90. The molecule has 6 nitrogen and oxygen atoms in total. The van der Waals surface area contributed by atoms with Crippen molar-refractivity contribution in [3.8, 4) is 0 Å². The van der Waals surface area contributed by atoms with E-state index in [4.69, 9.17) is 5.73 Å². The first-order valence-electron chi connectivity index (χ1n) is 5.90. The van der Waals surface area contributed by atoms with E-state index in [1.54, 1.807) is 23.7 Å². The third kappa shape index (κ3) is 4.14. The highest BCUT2D eigenvalue weighted by Gasteiger charge is 2.10. The summed E-state index contributed by atoms with van der Waals surface area (Å²) in [4.78, 5) is 13.0. The fourth-order valence-corrected chi connectivity index (χ4v) is 1.49. The van der Waals surface area contributed by atoms with Gasteiger partial charge in [-0.1, -0.05) is 18.6 Å². The molecule has 0 saturated heterocycles. The van der Waals surface area contributed by atoms with Crippen LogP contribution in [0.2, 0.25) is 0 Å². The molecule has 1 amide bonds. The Bertz CT molecular complexity index is 360. The monoisotopic (exact) mass is 239 g/mol. The molecule has 0 aromatic carbocycles. The van der Waals surface area contributed by atoms with Crippen molar-refractivity contribution in [1.29, 1.82) is 0 Å². The number of hydrogen-bond acceptors (Lipinski definition) is 4. The molecule has 1 atom stereocenters. The predicted molar refractivity (Wildman–Crippen MR) is 65.2 cm³/mol.